The van der Waals surface area contributed by atoms with E-state index in [1.165, 1.54) is 10.4 Å². The molecular formula is C20H19FSi. The van der Waals surface area contributed by atoms with Crippen molar-refractivity contribution in [3.63, 3.8) is 0 Å². The van der Waals surface area contributed by atoms with Gasteiger partial charge in [0.05, 0.1) is 0 Å². The summed E-state index contributed by atoms with van der Waals surface area (Å²) in [5.74, 6) is -0.0978. The number of hydrogen-bond acceptors (Lipinski definition) is 0. The van der Waals surface area contributed by atoms with Gasteiger partial charge in [0.1, 0.15) is 14.6 Å². The van der Waals surface area contributed by atoms with Crippen LogP contribution in [0.1, 0.15) is 18.0 Å². The van der Waals surface area contributed by atoms with E-state index in [1.54, 1.807) is 12.1 Å². The number of rotatable bonds is 4. The molecule has 0 aliphatic rings. The molecule has 0 aliphatic carbocycles. The summed E-state index contributed by atoms with van der Waals surface area (Å²) in [5.41, 5.74) is 1.03. The molecule has 0 saturated heterocycles. The van der Waals surface area contributed by atoms with Crippen molar-refractivity contribution in [2.75, 3.05) is 0 Å². The zero-order valence-electron chi connectivity index (χ0n) is 12.6. The molecule has 3 aromatic carbocycles. The van der Waals surface area contributed by atoms with E-state index in [-0.39, 0.29) is 11.4 Å². The first-order valence-corrected chi connectivity index (χ1v) is 9.44. The first kappa shape index (κ1) is 14.7. The maximum Gasteiger partial charge on any atom is 0.126 e. The fourth-order valence-electron chi connectivity index (χ4n) is 3.11. The van der Waals surface area contributed by atoms with Crippen LogP contribution in [0.25, 0.3) is 0 Å². The van der Waals surface area contributed by atoms with Gasteiger partial charge in [0.25, 0.3) is 0 Å². The van der Waals surface area contributed by atoms with E-state index in [4.69, 9.17) is 0 Å². The van der Waals surface area contributed by atoms with E-state index >= 15 is 0 Å². The summed E-state index contributed by atoms with van der Waals surface area (Å²) in [4.78, 5) is 0. The lowest BCUT2D eigenvalue weighted by Crippen LogP contribution is -2.46. The molecule has 110 valence electrons. The standard InChI is InChI=1S/C20H19FSi/c1-16(19-14-8-9-15-20(19)21)22(17-10-4-2-5-11-17)18-12-6-3-7-13-18/h2-16,22H,1H3/t16-/m0/s1. The molecule has 0 bridgehead atoms. The van der Waals surface area contributed by atoms with Crippen LogP contribution in [0.3, 0.4) is 0 Å². The third-order valence-corrected chi connectivity index (χ3v) is 7.78. The average molecular weight is 306 g/mol. The van der Waals surface area contributed by atoms with Crippen molar-refractivity contribution in [2.45, 2.75) is 12.5 Å². The van der Waals surface area contributed by atoms with Crippen LogP contribution >= 0.6 is 0 Å². The molecule has 0 radical (unpaired) electrons. The molecule has 0 aliphatic heterocycles. The van der Waals surface area contributed by atoms with Crippen LogP contribution in [0.2, 0.25) is 0 Å². The first-order valence-electron chi connectivity index (χ1n) is 7.61. The smallest absolute Gasteiger partial charge is 0.126 e. The molecule has 0 nitrogen and oxygen atoms in total. The van der Waals surface area contributed by atoms with E-state index in [2.05, 4.69) is 55.5 Å². The Morgan fingerprint density at radius 3 is 1.64 bits per heavy atom. The highest BCUT2D eigenvalue weighted by molar-refractivity contribution is 6.86. The minimum Gasteiger partial charge on any atom is -0.207 e. The van der Waals surface area contributed by atoms with Gasteiger partial charge in [-0.2, -0.15) is 0 Å². The van der Waals surface area contributed by atoms with Crippen LogP contribution in [-0.2, 0) is 0 Å². The topological polar surface area (TPSA) is 0 Å². The molecule has 0 unspecified atom stereocenters. The Kier molecular flexibility index (Phi) is 4.49. The monoisotopic (exact) mass is 306 g/mol. The Morgan fingerprint density at radius 2 is 1.14 bits per heavy atom. The maximum atomic E-state index is 14.3. The molecule has 0 spiro atoms. The SMILES string of the molecule is C[C@@H](c1ccccc1F)[SiH](c1ccccc1)c1ccccc1. The lowest BCUT2D eigenvalue weighted by atomic mass is 10.1. The minimum atomic E-state index is -1.54. The normalized spacial score (nSPS) is 12.3. The van der Waals surface area contributed by atoms with E-state index < -0.39 is 8.80 Å². The Bertz CT molecular complexity index is 685. The highest BCUT2D eigenvalue weighted by atomic mass is 28.3. The lowest BCUT2D eigenvalue weighted by Gasteiger charge is -2.24. The zero-order valence-corrected chi connectivity index (χ0v) is 13.8. The molecule has 22 heavy (non-hydrogen) atoms. The Balaban J connectivity index is 2.08. The Morgan fingerprint density at radius 1 is 0.682 bits per heavy atom. The van der Waals surface area contributed by atoms with E-state index in [0.717, 1.165) is 5.56 Å². The number of benzene rings is 3. The Labute approximate surface area is 132 Å². The molecule has 3 rings (SSSR count). The molecule has 0 heterocycles. The van der Waals surface area contributed by atoms with Gasteiger partial charge >= 0.3 is 0 Å². The van der Waals surface area contributed by atoms with Gasteiger partial charge in [-0.05, 0) is 17.2 Å². The molecular weight excluding hydrogens is 287 g/mol. The second-order valence-electron chi connectivity index (χ2n) is 5.61. The van der Waals surface area contributed by atoms with Crippen LogP contribution in [0, 0.1) is 5.82 Å². The second kappa shape index (κ2) is 6.71. The fourth-order valence-corrected chi connectivity index (χ4v) is 6.56. The zero-order chi connectivity index (χ0) is 15.4. The largest absolute Gasteiger partial charge is 0.207 e. The summed E-state index contributed by atoms with van der Waals surface area (Å²) >= 11 is 0. The van der Waals surface area contributed by atoms with Crippen molar-refractivity contribution in [3.8, 4) is 0 Å². The molecule has 1 atom stereocenters. The van der Waals surface area contributed by atoms with E-state index in [9.17, 15) is 4.39 Å². The van der Waals surface area contributed by atoms with E-state index in [0.29, 0.717) is 0 Å². The van der Waals surface area contributed by atoms with Crippen molar-refractivity contribution in [3.05, 3.63) is 96.3 Å². The van der Waals surface area contributed by atoms with Crippen molar-refractivity contribution >= 4 is 19.2 Å². The Hall–Kier alpha value is -2.19. The highest BCUT2D eigenvalue weighted by Gasteiger charge is 2.26. The maximum absolute atomic E-state index is 14.3. The minimum absolute atomic E-state index is 0.0978. The fraction of sp³-hybridized carbons (Fsp3) is 0.100. The highest BCUT2D eigenvalue weighted by Crippen LogP contribution is 2.21. The van der Waals surface area contributed by atoms with E-state index in [1.807, 2.05) is 24.3 Å². The molecule has 0 saturated carbocycles. The average Bonchev–Trinajstić information content (AvgIpc) is 2.57. The number of hydrogen-bond donors (Lipinski definition) is 0. The summed E-state index contributed by atoms with van der Waals surface area (Å²) in [6.45, 7) is 2.16. The summed E-state index contributed by atoms with van der Waals surface area (Å²) < 4.78 is 14.3. The number of halogens is 1. The molecule has 2 heteroatoms. The van der Waals surface area contributed by atoms with Gasteiger partial charge in [0, 0.05) is 0 Å². The summed E-state index contributed by atoms with van der Waals surface area (Å²) in [5, 5.41) is 2.70. The molecule has 3 aromatic rings. The predicted octanol–water partition coefficient (Wildman–Crippen LogP) is 3.51. The second-order valence-corrected chi connectivity index (χ2v) is 8.90. The van der Waals surface area contributed by atoms with Crippen LogP contribution in [0.4, 0.5) is 4.39 Å². The van der Waals surface area contributed by atoms with Gasteiger partial charge in [-0.3, -0.25) is 0 Å². The molecule has 0 N–H and O–H groups in total. The summed E-state index contributed by atoms with van der Waals surface area (Å²) in [6, 6.07) is 28.3. The summed E-state index contributed by atoms with van der Waals surface area (Å²) in [7, 11) is -1.54. The van der Waals surface area contributed by atoms with Gasteiger partial charge in [0.15, 0.2) is 0 Å². The molecule has 0 aromatic heterocycles. The van der Waals surface area contributed by atoms with Gasteiger partial charge in [0.2, 0.25) is 0 Å². The van der Waals surface area contributed by atoms with Gasteiger partial charge in [-0.15, -0.1) is 0 Å². The summed E-state index contributed by atoms with van der Waals surface area (Å²) in [6.07, 6.45) is 0. The molecule has 0 amide bonds. The molecule has 0 fully saturated rings. The van der Waals surface area contributed by atoms with Gasteiger partial charge in [-0.1, -0.05) is 96.2 Å². The predicted molar refractivity (Wildman–Crippen MR) is 94.1 cm³/mol. The van der Waals surface area contributed by atoms with Crippen LogP contribution in [-0.4, -0.2) is 8.80 Å². The van der Waals surface area contributed by atoms with Crippen molar-refractivity contribution < 1.29 is 4.39 Å². The van der Waals surface area contributed by atoms with Crippen molar-refractivity contribution in [1.82, 2.24) is 0 Å². The van der Waals surface area contributed by atoms with Crippen molar-refractivity contribution in [2.24, 2.45) is 0 Å². The third kappa shape index (κ3) is 3.02. The van der Waals surface area contributed by atoms with Crippen LogP contribution < -0.4 is 10.4 Å². The van der Waals surface area contributed by atoms with Crippen LogP contribution in [0.5, 0.6) is 0 Å². The lowest BCUT2D eigenvalue weighted by molar-refractivity contribution is 0.609. The van der Waals surface area contributed by atoms with Gasteiger partial charge < -0.3 is 0 Å². The van der Waals surface area contributed by atoms with Crippen LogP contribution in [0.15, 0.2) is 84.9 Å². The van der Waals surface area contributed by atoms with Gasteiger partial charge in [-0.25, -0.2) is 4.39 Å². The first-order chi connectivity index (χ1) is 10.8. The van der Waals surface area contributed by atoms with Crippen molar-refractivity contribution in [1.29, 1.82) is 0 Å². The third-order valence-electron chi connectivity index (χ3n) is 4.21. The quantitative estimate of drug-likeness (QED) is 0.647.